The summed E-state index contributed by atoms with van der Waals surface area (Å²) >= 11 is 0. The Labute approximate surface area is 121 Å². The molecule has 2 amide bonds. The summed E-state index contributed by atoms with van der Waals surface area (Å²) in [4.78, 5) is 14.0. The van der Waals surface area contributed by atoms with Gasteiger partial charge in [0, 0.05) is 12.6 Å². The monoisotopic (exact) mass is 275 g/mol. The Bertz CT molecular complexity index is 455. The van der Waals surface area contributed by atoms with Crippen LogP contribution in [-0.4, -0.2) is 37.6 Å². The first kappa shape index (κ1) is 14.9. The van der Waals surface area contributed by atoms with Gasteiger partial charge in [-0.05, 0) is 45.8 Å². The predicted molar refractivity (Wildman–Crippen MR) is 81.8 cm³/mol. The number of carbonyl (C=O) groups excluding carboxylic acids is 1. The average Bonchev–Trinajstić information content (AvgIpc) is 2.34. The smallest absolute Gasteiger partial charge is 0.315 e. The highest BCUT2D eigenvalue weighted by molar-refractivity contribution is 5.74. The van der Waals surface area contributed by atoms with Crippen molar-refractivity contribution in [2.45, 2.75) is 38.3 Å². The fourth-order valence-corrected chi connectivity index (χ4v) is 2.45. The molecule has 0 unspecified atom stereocenters. The van der Waals surface area contributed by atoms with E-state index >= 15 is 0 Å². The molecule has 1 atom stereocenters. The summed E-state index contributed by atoms with van der Waals surface area (Å²) in [5.74, 6) is 0. The van der Waals surface area contributed by atoms with E-state index in [1.54, 1.807) is 0 Å². The van der Waals surface area contributed by atoms with Crippen molar-refractivity contribution in [2.75, 3.05) is 20.6 Å². The van der Waals surface area contributed by atoms with Crippen LogP contribution in [0.25, 0.3) is 0 Å². The Morgan fingerprint density at radius 1 is 1.40 bits per heavy atom. The van der Waals surface area contributed by atoms with Gasteiger partial charge < -0.3 is 15.5 Å². The lowest BCUT2D eigenvalue weighted by Gasteiger charge is -2.28. The first-order chi connectivity index (χ1) is 9.56. The van der Waals surface area contributed by atoms with E-state index in [-0.39, 0.29) is 12.1 Å². The van der Waals surface area contributed by atoms with E-state index < -0.39 is 0 Å². The molecule has 1 aromatic rings. The number of likely N-dealkylation sites (N-methyl/N-ethyl adjacent to an activating group) is 1. The van der Waals surface area contributed by atoms with Gasteiger partial charge in [0.25, 0.3) is 0 Å². The third-order valence-corrected chi connectivity index (χ3v) is 3.95. The van der Waals surface area contributed by atoms with Gasteiger partial charge in [-0.3, -0.25) is 0 Å². The molecule has 0 aromatic heterocycles. The first-order valence-electron chi connectivity index (χ1n) is 7.33. The third-order valence-electron chi connectivity index (χ3n) is 3.95. The van der Waals surface area contributed by atoms with E-state index in [2.05, 4.69) is 46.7 Å². The molecule has 0 bridgehead atoms. The van der Waals surface area contributed by atoms with Crippen LogP contribution in [0.3, 0.4) is 0 Å². The van der Waals surface area contributed by atoms with E-state index in [0.29, 0.717) is 12.6 Å². The molecule has 0 spiro atoms. The van der Waals surface area contributed by atoms with Gasteiger partial charge in [-0.1, -0.05) is 29.8 Å². The van der Waals surface area contributed by atoms with Crippen molar-refractivity contribution >= 4 is 6.03 Å². The number of aryl methyl sites for hydroxylation is 1. The number of benzene rings is 1. The summed E-state index contributed by atoms with van der Waals surface area (Å²) in [7, 11) is 4.08. The molecule has 1 aliphatic carbocycles. The fraction of sp³-hybridized carbons (Fsp3) is 0.562. The summed E-state index contributed by atoms with van der Waals surface area (Å²) < 4.78 is 0. The molecule has 0 saturated heterocycles. The summed E-state index contributed by atoms with van der Waals surface area (Å²) in [6.07, 6.45) is 3.46. The lowest BCUT2D eigenvalue weighted by Crippen LogP contribution is -2.47. The van der Waals surface area contributed by atoms with E-state index in [1.807, 2.05) is 14.1 Å². The number of hydrogen-bond donors (Lipinski definition) is 2. The number of urea groups is 1. The van der Waals surface area contributed by atoms with Crippen molar-refractivity contribution in [3.8, 4) is 0 Å². The predicted octanol–water partition coefficient (Wildman–Crippen LogP) is 2.45. The van der Waals surface area contributed by atoms with Gasteiger partial charge >= 0.3 is 6.03 Å². The molecule has 2 rings (SSSR count). The van der Waals surface area contributed by atoms with Gasteiger partial charge in [0.15, 0.2) is 0 Å². The van der Waals surface area contributed by atoms with Crippen LogP contribution in [0.2, 0.25) is 0 Å². The van der Waals surface area contributed by atoms with Gasteiger partial charge in [-0.15, -0.1) is 0 Å². The maximum absolute atomic E-state index is 11.8. The van der Waals surface area contributed by atoms with Crippen molar-refractivity contribution in [3.05, 3.63) is 35.4 Å². The molecule has 2 N–H and O–H groups in total. The lowest BCUT2D eigenvalue weighted by molar-refractivity contribution is 0.221. The standard InChI is InChI=1S/C16H25N3O/c1-12-6-4-7-13(10-12)15(19(2)3)11-17-16(20)18-14-8-5-9-14/h4,6-7,10,14-15H,5,8-9,11H2,1-3H3,(H2,17,18,20)/t15-/m1/s1. The van der Waals surface area contributed by atoms with E-state index in [0.717, 1.165) is 12.8 Å². The zero-order valence-corrected chi connectivity index (χ0v) is 12.6. The van der Waals surface area contributed by atoms with Crippen LogP contribution in [0.5, 0.6) is 0 Å². The second-order valence-corrected chi connectivity index (χ2v) is 5.88. The van der Waals surface area contributed by atoms with Crippen molar-refractivity contribution in [1.29, 1.82) is 0 Å². The Hall–Kier alpha value is -1.55. The number of nitrogens with one attached hydrogen (secondary N) is 2. The number of nitrogens with zero attached hydrogens (tertiary/aromatic N) is 1. The van der Waals surface area contributed by atoms with Crippen LogP contribution in [-0.2, 0) is 0 Å². The molecule has 1 fully saturated rings. The lowest BCUT2D eigenvalue weighted by atomic mass is 9.93. The SMILES string of the molecule is Cc1cccc([C@@H](CNC(=O)NC2CCC2)N(C)C)c1. The van der Waals surface area contributed by atoms with Crippen molar-refractivity contribution in [2.24, 2.45) is 0 Å². The van der Waals surface area contributed by atoms with Crippen LogP contribution in [0.15, 0.2) is 24.3 Å². The minimum atomic E-state index is -0.0470. The second kappa shape index (κ2) is 6.75. The number of rotatable bonds is 5. The Kier molecular flexibility index (Phi) is 5.01. The molecule has 110 valence electrons. The number of carbonyl (C=O) groups is 1. The summed E-state index contributed by atoms with van der Waals surface area (Å²) in [5, 5.41) is 5.99. The highest BCUT2D eigenvalue weighted by Gasteiger charge is 2.20. The van der Waals surface area contributed by atoms with E-state index in [4.69, 9.17) is 0 Å². The number of amides is 2. The summed E-state index contributed by atoms with van der Waals surface area (Å²) in [6, 6.07) is 8.98. The van der Waals surface area contributed by atoms with E-state index in [9.17, 15) is 4.79 Å². The van der Waals surface area contributed by atoms with Crippen LogP contribution < -0.4 is 10.6 Å². The van der Waals surface area contributed by atoms with E-state index in [1.165, 1.54) is 17.5 Å². The maximum atomic E-state index is 11.8. The summed E-state index contributed by atoms with van der Waals surface area (Å²) in [6.45, 7) is 2.71. The molecule has 1 saturated carbocycles. The molecule has 4 heteroatoms. The quantitative estimate of drug-likeness (QED) is 0.867. The second-order valence-electron chi connectivity index (χ2n) is 5.88. The Morgan fingerprint density at radius 3 is 2.70 bits per heavy atom. The highest BCUT2D eigenvalue weighted by Crippen LogP contribution is 2.19. The maximum Gasteiger partial charge on any atom is 0.315 e. The van der Waals surface area contributed by atoms with Gasteiger partial charge in [-0.2, -0.15) is 0 Å². The number of hydrogen-bond acceptors (Lipinski definition) is 2. The topological polar surface area (TPSA) is 44.4 Å². The van der Waals surface area contributed by atoms with Gasteiger partial charge in [0.05, 0.1) is 6.04 Å². The zero-order valence-electron chi connectivity index (χ0n) is 12.6. The normalized spacial score (nSPS) is 16.6. The third kappa shape index (κ3) is 3.97. The minimum absolute atomic E-state index is 0.0470. The molecular weight excluding hydrogens is 250 g/mol. The molecule has 20 heavy (non-hydrogen) atoms. The highest BCUT2D eigenvalue weighted by atomic mass is 16.2. The van der Waals surface area contributed by atoms with Crippen LogP contribution in [0, 0.1) is 6.92 Å². The molecule has 0 aliphatic heterocycles. The molecule has 0 radical (unpaired) electrons. The molecule has 4 nitrogen and oxygen atoms in total. The Morgan fingerprint density at radius 2 is 2.15 bits per heavy atom. The summed E-state index contributed by atoms with van der Waals surface area (Å²) in [5.41, 5.74) is 2.48. The average molecular weight is 275 g/mol. The minimum Gasteiger partial charge on any atom is -0.336 e. The molecule has 1 aliphatic rings. The van der Waals surface area contributed by atoms with Crippen LogP contribution >= 0.6 is 0 Å². The van der Waals surface area contributed by atoms with Crippen LogP contribution in [0.4, 0.5) is 4.79 Å². The fourth-order valence-electron chi connectivity index (χ4n) is 2.45. The van der Waals surface area contributed by atoms with Crippen molar-refractivity contribution < 1.29 is 4.79 Å². The van der Waals surface area contributed by atoms with Crippen molar-refractivity contribution in [1.82, 2.24) is 15.5 Å². The van der Waals surface area contributed by atoms with Gasteiger partial charge in [-0.25, -0.2) is 4.79 Å². The molecular formula is C16H25N3O. The Balaban J connectivity index is 1.90. The largest absolute Gasteiger partial charge is 0.336 e. The van der Waals surface area contributed by atoms with Gasteiger partial charge in [0.2, 0.25) is 0 Å². The van der Waals surface area contributed by atoms with Crippen molar-refractivity contribution in [3.63, 3.8) is 0 Å². The van der Waals surface area contributed by atoms with Crippen LogP contribution in [0.1, 0.15) is 36.4 Å². The first-order valence-corrected chi connectivity index (χ1v) is 7.33. The molecule has 0 heterocycles. The van der Waals surface area contributed by atoms with Gasteiger partial charge in [0.1, 0.15) is 0 Å². The zero-order chi connectivity index (χ0) is 14.5. The molecule has 1 aromatic carbocycles.